The van der Waals surface area contributed by atoms with Crippen molar-refractivity contribution in [2.45, 2.75) is 115 Å². The number of hydrogen-bond donors (Lipinski definition) is 4. The number of para-hydroxylation sites is 2. The second-order valence-electron chi connectivity index (χ2n) is 10.9. The molecule has 2 saturated heterocycles. The molecule has 4 atom stereocenters. The summed E-state index contributed by atoms with van der Waals surface area (Å²) in [6.07, 6.45) is 15.2. The Morgan fingerprint density at radius 1 is 0.721 bits per heavy atom. The molecule has 0 bridgehead atoms. The maximum Gasteiger partial charge on any atom is 0.394 e. The number of rotatable bonds is 18. The lowest BCUT2D eigenvalue weighted by Gasteiger charge is -2.28. The molecule has 0 radical (unpaired) electrons. The van der Waals surface area contributed by atoms with Crippen LogP contribution in [0, 0.1) is 0 Å². The Bertz CT molecular complexity index is 960. The van der Waals surface area contributed by atoms with Crippen LogP contribution in [0.3, 0.4) is 0 Å². The van der Waals surface area contributed by atoms with E-state index in [0.717, 1.165) is 63.2 Å². The molecule has 0 aliphatic carbocycles. The van der Waals surface area contributed by atoms with E-state index < -0.39 is 10.4 Å². The number of hydrogen-bond acceptors (Lipinski definition) is 8. The Hall–Kier alpha value is -2.25. The molecule has 4 unspecified atom stereocenters. The summed E-state index contributed by atoms with van der Waals surface area (Å²) in [6.45, 7) is 6.34. The summed E-state index contributed by atoms with van der Waals surface area (Å²) in [4.78, 5) is 11.3. The van der Waals surface area contributed by atoms with Gasteiger partial charge in [-0.2, -0.15) is 19.4 Å². The van der Waals surface area contributed by atoms with Crippen molar-refractivity contribution in [1.29, 1.82) is 0 Å². The van der Waals surface area contributed by atoms with Crippen LogP contribution in [0.1, 0.15) is 90.9 Å². The van der Waals surface area contributed by atoms with Gasteiger partial charge in [-0.05, 0) is 75.6 Å². The minimum absolute atomic E-state index is 0.421. The van der Waals surface area contributed by atoms with E-state index in [9.17, 15) is 0 Å². The Morgan fingerprint density at radius 3 is 1.35 bits per heavy atom. The van der Waals surface area contributed by atoms with E-state index in [4.69, 9.17) is 36.7 Å². The first-order chi connectivity index (χ1) is 20.8. The second kappa shape index (κ2) is 22.3. The largest absolute Gasteiger partial charge is 0.408 e. The predicted molar refractivity (Wildman–Crippen MR) is 168 cm³/mol. The normalized spacial score (nSPS) is 18.8. The maximum atomic E-state index is 8.74. The molecule has 2 aliphatic rings. The van der Waals surface area contributed by atoms with Gasteiger partial charge in [0.1, 0.15) is 11.5 Å². The van der Waals surface area contributed by atoms with E-state index in [1.165, 1.54) is 38.5 Å². The third-order valence-electron chi connectivity index (χ3n) is 7.25. The van der Waals surface area contributed by atoms with Gasteiger partial charge < -0.3 is 19.1 Å². The minimum atomic E-state index is -4.67. The molecule has 0 spiro atoms. The highest BCUT2D eigenvalue weighted by Crippen LogP contribution is 2.20. The molecule has 10 nitrogen and oxygen atoms in total. The van der Waals surface area contributed by atoms with Crippen molar-refractivity contribution in [2.75, 3.05) is 13.2 Å². The molecule has 0 aromatic heterocycles. The lowest BCUT2D eigenvalue weighted by Crippen LogP contribution is -2.35. The average molecular weight is 625 g/mol. The van der Waals surface area contributed by atoms with Gasteiger partial charge in [0.15, 0.2) is 0 Å². The molecule has 2 aliphatic heterocycles. The molecule has 244 valence electrons. The Kier molecular flexibility index (Phi) is 19.1. The smallest absolute Gasteiger partial charge is 0.394 e. The van der Waals surface area contributed by atoms with Crippen LogP contribution in [0.25, 0.3) is 0 Å². The molecule has 4 N–H and O–H groups in total. The van der Waals surface area contributed by atoms with Gasteiger partial charge in [0.2, 0.25) is 0 Å². The zero-order valence-electron chi connectivity index (χ0n) is 25.7. The van der Waals surface area contributed by atoms with Gasteiger partial charge in [-0.15, -0.1) is 0 Å². The standard InChI is InChI=1S/2C16H25NO2.H2O4S/c2*1-2-3-7-14(10-11-15-12-13-18-15)17-19-16-8-5-4-6-9-16;1-5(2,3)4/h2*4-6,8-9,14-15,17H,2-3,7,10-13H2,1H3;(H2,1,2,3,4). The van der Waals surface area contributed by atoms with Gasteiger partial charge >= 0.3 is 10.4 Å². The first-order valence-electron chi connectivity index (χ1n) is 15.6. The van der Waals surface area contributed by atoms with Crippen LogP contribution in [0.15, 0.2) is 60.7 Å². The van der Waals surface area contributed by atoms with E-state index in [0.29, 0.717) is 24.3 Å². The van der Waals surface area contributed by atoms with E-state index in [1.54, 1.807) is 0 Å². The van der Waals surface area contributed by atoms with E-state index in [2.05, 4.69) is 24.8 Å². The summed E-state index contributed by atoms with van der Waals surface area (Å²) in [7, 11) is -4.67. The third kappa shape index (κ3) is 19.6. The van der Waals surface area contributed by atoms with Crippen molar-refractivity contribution in [3.05, 3.63) is 60.7 Å². The monoisotopic (exact) mass is 624 g/mol. The van der Waals surface area contributed by atoms with Gasteiger partial charge in [-0.3, -0.25) is 9.11 Å². The fourth-order valence-corrected chi connectivity index (χ4v) is 4.50. The number of nitrogens with one attached hydrogen (secondary N) is 2. The van der Waals surface area contributed by atoms with Crippen LogP contribution in [0.4, 0.5) is 0 Å². The van der Waals surface area contributed by atoms with Crippen LogP contribution >= 0.6 is 0 Å². The van der Waals surface area contributed by atoms with Crippen LogP contribution in [-0.4, -0.2) is 55.0 Å². The fourth-order valence-electron chi connectivity index (χ4n) is 4.50. The van der Waals surface area contributed by atoms with Crippen molar-refractivity contribution in [3.63, 3.8) is 0 Å². The molecule has 0 saturated carbocycles. The van der Waals surface area contributed by atoms with Gasteiger partial charge in [0.05, 0.1) is 12.2 Å². The number of unbranched alkanes of at least 4 members (excludes halogenated alkanes) is 2. The highest BCUT2D eigenvalue weighted by atomic mass is 32.3. The van der Waals surface area contributed by atoms with Crippen molar-refractivity contribution >= 4 is 10.4 Å². The third-order valence-corrected chi connectivity index (χ3v) is 7.25. The highest BCUT2D eigenvalue weighted by Gasteiger charge is 2.21. The summed E-state index contributed by atoms with van der Waals surface area (Å²) < 4.78 is 42.5. The van der Waals surface area contributed by atoms with Gasteiger partial charge in [0.25, 0.3) is 0 Å². The first kappa shape index (κ1) is 36.9. The SMILES string of the molecule is CCCCC(CCC1CCO1)NOc1ccccc1.CCCCC(CCC1CCO1)NOc1ccccc1.O=S(=O)(O)O. The highest BCUT2D eigenvalue weighted by molar-refractivity contribution is 7.79. The maximum absolute atomic E-state index is 8.74. The van der Waals surface area contributed by atoms with Gasteiger partial charge in [-0.25, -0.2) is 0 Å². The summed E-state index contributed by atoms with van der Waals surface area (Å²) in [5.74, 6) is 1.76. The number of ether oxygens (including phenoxy) is 2. The molecule has 43 heavy (non-hydrogen) atoms. The zero-order valence-corrected chi connectivity index (χ0v) is 26.6. The van der Waals surface area contributed by atoms with Crippen LogP contribution in [-0.2, 0) is 19.9 Å². The fraction of sp³-hybridized carbons (Fsp3) is 0.625. The van der Waals surface area contributed by atoms with Crippen molar-refractivity contribution in [1.82, 2.24) is 11.0 Å². The molecule has 4 rings (SSSR count). The van der Waals surface area contributed by atoms with E-state index >= 15 is 0 Å². The summed E-state index contributed by atoms with van der Waals surface area (Å²) >= 11 is 0. The Balaban J connectivity index is 0.000000260. The molecular formula is C32H52N2O8S. The average Bonchev–Trinajstić information content (AvgIpc) is 2.94. The van der Waals surface area contributed by atoms with Crippen molar-refractivity contribution in [3.8, 4) is 11.5 Å². The number of hydroxylamine groups is 2. The van der Waals surface area contributed by atoms with Crippen molar-refractivity contribution < 1.29 is 36.7 Å². The Morgan fingerprint density at radius 2 is 1.07 bits per heavy atom. The topological polar surface area (TPSA) is 136 Å². The van der Waals surface area contributed by atoms with Crippen LogP contribution in [0.5, 0.6) is 11.5 Å². The Labute approximate surface area is 258 Å². The van der Waals surface area contributed by atoms with Crippen molar-refractivity contribution in [2.24, 2.45) is 0 Å². The van der Waals surface area contributed by atoms with E-state index in [-0.39, 0.29) is 0 Å². The minimum Gasteiger partial charge on any atom is -0.408 e. The molecule has 0 amide bonds. The van der Waals surface area contributed by atoms with E-state index in [1.807, 2.05) is 60.7 Å². The molecule has 2 aromatic carbocycles. The summed E-state index contributed by atoms with van der Waals surface area (Å²) in [5.41, 5.74) is 6.44. The predicted octanol–water partition coefficient (Wildman–Crippen LogP) is 6.74. The lowest BCUT2D eigenvalue weighted by molar-refractivity contribution is -0.0581. The van der Waals surface area contributed by atoms with Gasteiger partial charge in [0, 0.05) is 25.3 Å². The zero-order chi connectivity index (χ0) is 31.2. The summed E-state index contributed by atoms with van der Waals surface area (Å²) in [6, 6.07) is 20.7. The first-order valence-corrected chi connectivity index (χ1v) is 17.0. The molecular weight excluding hydrogens is 572 g/mol. The molecule has 2 fully saturated rings. The van der Waals surface area contributed by atoms with Gasteiger partial charge in [-0.1, -0.05) is 75.9 Å². The van der Waals surface area contributed by atoms with Crippen LogP contribution in [0.2, 0.25) is 0 Å². The molecule has 2 heterocycles. The quantitative estimate of drug-likeness (QED) is 0.104. The molecule has 2 aromatic rings. The summed E-state index contributed by atoms with van der Waals surface area (Å²) in [5, 5.41) is 0. The number of benzene rings is 2. The second-order valence-corrected chi connectivity index (χ2v) is 11.8. The molecule has 11 heteroatoms. The van der Waals surface area contributed by atoms with Crippen LogP contribution < -0.4 is 20.6 Å². The lowest BCUT2D eigenvalue weighted by atomic mass is 10.0.